The number of piperidine rings is 1. The minimum absolute atomic E-state index is 0.0131. The largest absolute Gasteiger partial charge is 0.497 e. The van der Waals surface area contributed by atoms with Gasteiger partial charge in [-0.25, -0.2) is 0 Å². The first-order valence-electron chi connectivity index (χ1n) is 11.3. The Kier molecular flexibility index (Phi) is 6.51. The molecule has 0 bridgehead atoms. The standard InChI is InChI=1S/C24H34N4O3/c1-5-28-15-21(17(2)25-28)13-26-10-6-7-19(12-26)24-16-27(18(3)29)14-20-11-22(30-4)8-9-23(20)31-24/h8-9,11,15,19,24H,5-7,10,12-14,16H2,1-4H3/t19-,24+/m1/s1. The van der Waals surface area contributed by atoms with Gasteiger partial charge in [0.15, 0.2) is 0 Å². The molecule has 0 spiro atoms. The molecule has 0 aliphatic carbocycles. The Hall–Kier alpha value is -2.54. The van der Waals surface area contributed by atoms with Crippen LogP contribution < -0.4 is 9.47 Å². The number of carbonyl (C=O) groups is 1. The van der Waals surface area contributed by atoms with Gasteiger partial charge in [0.05, 0.1) is 19.3 Å². The van der Waals surface area contributed by atoms with Crippen molar-refractivity contribution < 1.29 is 14.3 Å². The molecule has 7 nitrogen and oxygen atoms in total. The highest BCUT2D eigenvalue weighted by molar-refractivity contribution is 5.73. The first-order chi connectivity index (χ1) is 15.0. The molecule has 0 N–H and O–H groups in total. The quantitative estimate of drug-likeness (QED) is 0.735. The van der Waals surface area contributed by atoms with Gasteiger partial charge in [-0.1, -0.05) is 0 Å². The van der Waals surface area contributed by atoms with Gasteiger partial charge in [-0.15, -0.1) is 0 Å². The Balaban J connectivity index is 1.51. The average Bonchev–Trinajstić information content (AvgIpc) is 3.01. The highest BCUT2D eigenvalue weighted by Crippen LogP contribution is 2.33. The highest BCUT2D eigenvalue weighted by Gasteiger charge is 2.34. The summed E-state index contributed by atoms with van der Waals surface area (Å²) in [7, 11) is 1.66. The number of rotatable bonds is 5. The van der Waals surface area contributed by atoms with E-state index in [1.807, 2.05) is 27.8 Å². The smallest absolute Gasteiger partial charge is 0.219 e. The van der Waals surface area contributed by atoms with Gasteiger partial charge in [-0.3, -0.25) is 14.4 Å². The summed E-state index contributed by atoms with van der Waals surface area (Å²) in [6.07, 6.45) is 4.41. The molecule has 2 aliphatic rings. The van der Waals surface area contributed by atoms with E-state index in [9.17, 15) is 4.79 Å². The molecule has 2 aliphatic heterocycles. The van der Waals surface area contributed by atoms with E-state index in [-0.39, 0.29) is 12.0 Å². The fourth-order valence-corrected chi connectivity index (χ4v) is 4.75. The molecule has 168 valence electrons. The molecule has 1 amide bonds. The van der Waals surface area contributed by atoms with Crippen LogP contribution in [0, 0.1) is 12.8 Å². The first kappa shape index (κ1) is 21.7. The number of amides is 1. The number of aryl methyl sites for hydroxylation is 2. The van der Waals surface area contributed by atoms with Crippen molar-refractivity contribution >= 4 is 5.91 Å². The van der Waals surface area contributed by atoms with E-state index in [1.165, 1.54) is 5.56 Å². The van der Waals surface area contributed by atoms with E-state index in [4.69, 9.17) is 9.47 Å². The molecular weight excluding hydrogens is 392 g/mol. The van der Waals surface area contributed by atoms with Gasteiger partial charge >= 0.3 is 0 Å². The third-order valence-corrected chi connectivity index (χ3v) is 6.59. The predicted octanol–water partition coefficient (Wildman–Crippen LogP) is 3.24. The number of benzene rings is 1. The Morgan fingerprint density at radius 2 is 2.16 bits per heavy atom. The zero-order valence-electron chi connectivity index (χ0n) is 19.1. The molecule has 2 atom stereocenters. The Labute approximate surface area is 184 Å². The summed E-state index contributed by atoms with van der Waals surface area (Å²) in [5.41, 5.74) is 3.42. The summed E-state index contributed by atoms with van der Waals surface area (Å²) in [6, 6.07) is 5.89. The van der Waals surface area contributed by atoms with Gasteiger partial charge in [0, 0.05) is 56.3 Å². The third kappa shape index (κ3) is 4.87. The molecule has 1 saturated heterocycles. The van der Waals surface area contributed by atoms with Crippen molar-refractivity contribution in [1.82, 2.24) is 19.6 Å². The maximum Gasteiger partial charge on any atom is 0.219 e. The molecule has 31 heavy (non-hydrogen) atoms. The monoisotopic (exact) mass is 426 g/mol. The van der Waals surface area contributed by atoms with Crippen LogP contribution in [-0.4, -0.2) is 58.3 Å². The molecule has 1 aromatic carbocycles. The second kappa shape index (κ2) is 9.30. The number of methoxy groups -OCH3 is 1. The van der Waals surface area contributed by atoms with Gasteiger partial charge < -0.3 is 14.4 Å². The molecule has 3 heterocycles. The SMILES string of the molecule is CCn1cc(CN2CCC[C@@H]([C@@H]3CN(C(C)=O)Cc4cc(OC)ccc4O3)C2)c(C)n1. The van der Waals surface area contributed by atoms with E-state index in [0.29, 0.717) is 19.0 Å². The molecule has 7 heteroatoms. The number of likely N-dealkylation sites (tertiary alicyclic amines) is 1. The number of nitrogens with zero attached hydrogens (tertiary/aromatic N) is 4. The number of ether oxygens (including phenoxy) is 2. The second-order valence-electron chi connectivity index (χ2n) is 8.76. The molecule has 1 aromatic heterocycles. The average molecular weight is 427 g/mol. The van der Waals surface area contributed by atoms with Crippen molar-refractivity contribution in [1.29, 1.82) is 0 Å². The fraction of sp³-hybridized carbons (Fsp3) is 0.583. The summed E-state index contributed by atoms with van der Waals surface area (Å²) in [4.78, 5) is 16.8. The minimum atomic E-state index is -0.0131. The van der Waals surface area contributed by atoms with Crippen molar-refractivity contribution in [3.8, 4) is 11.5 Å². The molecule has 0 radical (unpaired) electrons. The molecule has 0 saturated carbocycles. The predicted molar refractivity (Wildman–Crippen MR) is 119 cm³/mol. The van der Waals surface area contributed by atoms with E-state index < -0.39 is 0 Å². The van der Waals surface area contributed by atoms with Crippen molar-refractivity contribution in [2.45, 2.75) is 59.4 Å². The summed E-state index contributed by atoms with van der Waals surface area (Å²) < 4.78 is 13.9. The fourth-order valence-electron chi connectivity index (χ4n) is 4.75. The van der Waals surface area contributed by atoms with E-state index in [1.54, 1.807) is 14.0 Å². The Morgan fingerprint density at radius 3 is 2.87 bits per heavy atom. The van der Waals surface area contributed by atoms with Crippen LogP contribution in [0.2, 0.25) is 0 Å². The van der Waals surface area contributed by atoms with Crippen molar-refractivity contribution in [3.63, 3.8) is 0 Å². The number of hydrogen-bond donors (Lipinski definition) is 0. The molecule has 2 aromatic rings. The maximum absolute atomic E-state index is 12.3. The Morgan fingerprint density at radius 1 is 1.32 bits per heavy atom. The molecule has 4 rings (SSSR count). The highest BCUT2D eigenvalue weighted by atomic mass is 16.5. The van der Waals surface area contributed by atoms with E-state index in [2.05, 4.69) is 30.0 Å². The number of carbonyl (C=O) groups excluding carboxylic acids is 1. The van der Waals surface area contributed by atoms with E-state index >= 15 is 0 Å². The lowest BCUT2D eigenvalue weighted by Gasteiger charge is -2.37. The first-order valence-corrected chi connectivity index (χ1v) is 11.3. The van der Waals surface area contributed by atoms with Crippen LogP contribution in [0.25, 0.3) is 0 Å². The van der Waals surface area contributed by atoms with Crippen molar-refractivity contribution in [2.24, 2.45) is 5.92 Å². The zero-order valence-corrected chi connectivity index (χ0v) is 19.1. The van der Waals surface area contributed by atoms with Crippen LogP contribution in [0.3, 0.4) is 0 Å². The van der Waals surface area contributed by atoms with Gasteiger partial charge in [0.1, 0.15) is 17.6 Å². The summed E-state index contributed by atoms with van der Waals surface area (Å²) in [6.45, 7) is 10.9. The van der Waals surface area contributed by atoms with Crippen LogP contribution in [0.15, 0.2) is 24.4 Å². The van der Waals surface area contributed by atoms with E-state index in [0.717, 1.165) is 61.8 Å². The normalized spacial score (nSPS) is 21.9. The van der Waals surface area contributed by atoms with Crippen molar-refractivity contribution in [2.75, 3.05) is 26.7 Å². The topological polar surface area (TPSA) is 59.8 Å². The Bertz CT molecular complexity index is 926. The number of hydrogen-bond acceptors (Lipinski definition) is 5. The van der Waals surface area contributed by atoms with Crippen LogP contribution in [0.4, 0.5) is 0 Å². The lowest BCUT2D eigenvalue weighted by atomic mass is 9.91. The van der Waals surface area contributed by atoms with Gasteiger partial charge in [0.2, 0.25) is 5.91 Å². The summed E-state index contributed by atoms with van der Waals surface area (Å²) >= 11 is 0. The second-order valence-corrected chi connectivity index (χ2v) is 8.76. The van der Waals surface area contributed by atoms with Crippen LogP contribution in [0.5, 0.6) is 11.5 Å². The van der Waals surface area contributed by atoms with Gasteiger partial charge in [-0.2, -0.15) is 5.10 Å². The van der Waals surface area contributed by atoms with Crippen LogP contribution in [0.1, 0.15) is 43.5 Å². The summed E-state index contributed by atoms with van der Waals surface area (Å²) in [5, 5.41) is 4.60. The number of aromatic nitrogens is 2. The van der Waals surface area contributed by atoms with Gasteiger partial charge in [0.25, 0.3) is 0 Å². The number of fused-ring (bicyclic) bond motifs is 1. The van der Waals surface area contributed by atoms with Gasteiger partial charge in [-0.05, 0) is 51.4 Å². The van der Waals surface area contributed by atoms with Crippen molar-refractivity contribution in [3.05, 3.63) is 41.2 Å². The maximum atomic E-state index is 12.3. The third-order valence-electron chi connectivity index (χ3n) is 6.59. The van der Waals surface area contributed by atoms with Crippen LogP contribution in [-0.2, 0) is 24.4 Å². The lowest BCUT2D eigenvalue weighted by Crippen LogP contribution is -2.46. The molecular formula is C24H34N4O3. The molecule has 1 fully saturated rings. The minimum Gasteiger partial charge on any atom is -0.497 e. The lowest BCUT2D eigenvalue weighted by molar-refractivity contribution is -0.130. The molecule has 0 unspecified atom stereocenters. The zero-order chi connectivity index (χ0) is 22.0. The van der Waals surface area contributed by atoms with Crippen LogP contribution >= 0.6 is 0 Å². The summed E-state index contributed by atoms with van der Waals surface area (Å²) in [5.74, 6) is 2.12.